The minimum atomic E-state index is -4.81. The number of hydrogen-bond acceptors (Lipinski definition) is 5. The van der Waals surface area contributed by atoms with Gasteiger partial charge in [0.2, 0.25) is 0 Å². The van der Waals surface area contributed by atoms with Crippen molar-refractivity contribution < 1.29 is 40.9 Å². The number of benzene rings is 3. The molecule has 11 heteroatoms. The summed E-state index contributed by atoms with van der Waals surface area (Å²) >= 11 is 0. The lowest BCUT2D eigenvalue weighted by Gasteiger charge is -2.14. The van der Waals surface area contributed by atoms with Crippen LogP contribution in [-0.2, 0) is 9.78 Å². The zero-order valence-electron chi connectivity index (χ0n) is 20.1. The normalized spacial score (nSPS) is 14.3. The van der Waals surface area contributed by atoms with E-state index in [1.165, 1.54) is 50.2 Å². The van der Waals surface area contributed by atoms with Gasteiger partial charge >= 0.3 is 6.36 Å². The molecule has 0 aromatic heterocycles. The maximum absolute atomic E-state index is 14.5. The van der Waals surface area contributed by atoms with Crippen LogP contribution in [-0.4, -0.2) is 26.6 Å². The molecule has 0 bridgehead atoms. The van der Waals surface area contributed by atoms with E-state index in [2.05, 4.69) is 32.1 Å². The van der Waals surface area contributed by atoms with Crippen LogP contribution in [0.5, 0.6) is 5.75 Å². The molecule has 37 heavy (non-hydrogen) atoms. The summed E-state index contributed by atoms with van der Waals surface area (Å²) in [4.78, 5) is 8.44. The maximum atomic E-state index is 14.5. The van der Waals surface area contributed by atoms with Crippen molar-refractivity contribution in [2.45, 2.75) is 26.1 Å². The van der Waals surface area contributed by atoms with Gasteiger partial charge in [-0.25, -0.2) is 22.9 Å². The Bertz CT molecular complexity index is 1160. The molecule has 2 fully saturated rings. The Hall–Kier alpha value is -3.44. The van der Waals surface area contributed by atoms with Crippen LogP contribution in [0.1, 0.15) is 19.8 Å². The number of rotatable bonds is 5. The van der Waals surface area contributed by atoms with Gasteiger partial charge < -0.3 is 15.4 Å². The molecule has 2 N–H and O–H groups in total. The summed E-state index contributed by atoms with van der Waals surface area (Å²) in [6, 6.07) is 11.1. The topological polar surface area (TPSA) is 51.8 Å². The third kappa shape index (κ3) is 8.87. The third-order valence-electron chi connectivity index (χ3n) is 5.21. The number of ether oxygens (including phenoxy) is 1. The summed E-state index contributed by atoms with van der Waals surface area (Å²) in [6.07, 6.45) is -1.83. The molecular formula is C26H26F6N2O3. The third-order valence-corrected chi connectivity index (χ3v) is 5.21. The highest BCUT2D eigenvalue weighted by molar-refractivity contribution is 5.76. The van der Waals surface area contributed by atoms with Crippen LogP contribution < -0.4 is 15.4 Å². The minimum Gasteiger partial charge on any atom is -0.406 e. The molecule has 1 aliphatic heterocycles. The van der Waals surface area contributed by atoms with Crippen molar-refractivity contribution in [2.75, 3.05) is 30.9 Å². The van der Waals surface area contributed by atoms with E-state index in [-0.39, 0.29) is 17.1 Å². The molecule has 3 aromatic carbocycles. The first-order chi connectivity index (χ1) is 17.6. The number of hydrogen-bond donors (Lipinski definition) is 2. The van der Waals surface area contributed by atoms with Gasteiger partial charge in [0.05, 0.1) is 11.4 Å². The van der Waals surface area contributed by atoms with Crippen molar-refractivity contribution in [1.29, 1.82) is 0 Å². The van der Waals surface area contributed by atoms with Gasteiger partial charge in [-0.15, -0.1) is 13.2 Å². The van der Waals surface area contributed by atoms with Crippen LogP contribution in [0.15, 0.2) is 54.6 Å². The Kier molecular flexibility index (Phi) is 9.65. The Morgan fingerprint density at radius 1 is 0.811 bits per heavy atom. The standard InChI is InChI=1S/C20H14F6N2O.C4H8.C2H4O2/c1-27-17-9-7-14(21)18(23)19(17)28-16-8-4-12(10-15(16)22)11-2-5-13(6-3-11)29-20(24,25)26;1-4-2-3-4;1-2-4-3-1/h2-10,27-28H,1H3;4H,2-3H2,1H3;1-2H2. The molecule has 1 saturated carbocycles. The van der Waals surface area contributed by atoms with E-state index >= 15 is 0 Å². The zero-order chi connectivity index (χ0) is 27.0. The minimum absolute atomic E-state index is 0.105. The molecule has 5 nitrogen and oxygen atoms in total. The van der Waals surface area contributed by atoms with E-state index in [1.54, 1.807) is 0 Å². The van der Waals surface area contributed by atoms with Crippen LogP contribution >= 0.6 is 0 Å². The van der Waals surface area contributed by atoms with Gasteiger partial charge in [-0.05, 0) is 53.4 Å². The fourth-order valence-corrected chi connectivity index (χ4v) is 2.91. The highest BCUT2D eigenvalue weighted by Crippen LogP contribution is 2.33. The molecule has 1 saturated heterocycles. The molecule has 2 aliphatic rings. The summed E-state index contributed by atoms with van der Waals surface area (Å²) in [5.74, 6) is -2.34. The largest absolute Gasteiger partial charge is 0.573 e. The van der Waals surface area contributed by atoms with Crippen LogP contribution in [0, 0.1) is 23.4 Å². The zero-order valence-corrected chi connectivity index (χ0v) is 20.1. The number of anilines is 3. The van der Waals surface area contributed by atoms with Crippen LogP contribution in [0.4, 0.5) is 43.4 Å². The lowest BCUT2D eigenvalue weighted by Crippen LogP contribution is -2.16. The Morgan fingerprint density at radius 2 is 1.35 bits per heavy atom. The second-order valence-corrected chi connectivity index (χ2v) is 8.25. The first-order valence-electron chi connectivity index (χ1n) is 11.4. The van der Waals surface area contributed by atoms with Crippen molar-refractivity contribution >= 4 is 17.1 Å². The number of halogens is 6. The number of alkyl halides is 3. The molecule has 0 spiro atoms. The molecule has 0 amide bonds. The molecule has 1 aliphatic carbocycles. The smallest absolute Gasteiger partial charge is 0.406 e. The monoisotopic (exact) mass is 528 g/mol. The average molecular weight is 528 g/mol. The Labute approximate surface area is 210 Å². The van der Waals surface area contributed by atoms with E-state index in [9.17, 15) is 26.3 Å². The molecule has 5 rings (SSSR count). The van der Waals surface area contributed by atoms with Crippen LogP contribution in [0.25, 0.3) is 11.1 Å². The molecule has 0 unspecified atom stereocenters. The van der Waals surface area contributed by atoms with E-state index < -0.39 is 29.6 Å². The average Bonchev–Trinajstić information content (AvgIpc) is 3.59. The SMILES string of the molecule is C1COO1.CC1CC1.CNc1ccc(F)c(F)c1Nc1ccc(-c2ccc(OC(F)(F)F)cc2)cc1F. The van der Waals surface area contributed by atoms with Gasteiger partial charge in [0.1, 0.15) is 30.5 Å². The van der Waals surface area contributed by atoms with Crippen molar-refractivity contribution in [2.24, 2.45) is 5.92 Å². The lowest BCUT2D eigenvalue weighted by molar-refractivity contribution is -0.382. The lowest BCUT2D eigenvalue weighted by atomic mass is 10.0. The predicted octanol–water partition coefficient (Wildman–Crippen LogP) is 7.82. The van der Waals surface area contributed by atoms with Gasteiger partial charge in [0.25, 0.3) is 0 Å². The highest BCUT2D eigenvalue weighted by Gasteiger charge is 2.31. The van der Waals surface area contributed by atoms with Gasteiger partial charge in [-0.3, -0.25) is 0 Å². The summed E-state index contributed by atoms with van der Waals surface area (Å²) in [5.41, 5.74) is 0.685. The van der Waals surface area contributed by atoms with Gasteiger partial charge in [0.15, 0.2) is 11.6 Å². The van der Waals surface area contributed by atoms with Crippen LogP contribution in [0.2, 0.25) is 0 Å². The first kappa shape index (κ1) is 28.1. The van der Waals surface area contributed by atoms with E-state index in [1.807, 2.05) is 0 Å². The van der Waals surface area contributed by atoms with Gasteiger partial charge in [-0.2, -0.15) is 0 Å². The molecule has 200 valence electrons. The molecular weight excluding hydrogens is 502 g/mol. The second kappa shape index (κ2) is 12.7. The van der Waals surface area contributed by atoms with Crippen molar-refractivity contribution in [3.63, 3.8) is 0 Å². The van der Waals surface area contributed by atoms with Crippen LogP contribution in [0.3, 0.4) is 0 Å². The second-order valence-electron chi connectivity index (χ2n) is 8.25. The van der Waals surface area contributed by atoms with Crippen molar-refractivity contribution in [3.05, 3.63) is 72.0 Å². The van der Waals surface area contributed by atoms with E-state index in [0.717, 1.165) is 43.4 Å². The van der Waals surface area contributed by atoms with Gasteiger partial charge in [0, 0.05) is 7.05 Å². The fraction of sp³-hybridized carbons (Fsp3) is 0.308. The van der Waals surface area contributed by atoms with E-state index in [0.29, 0.717) is 11.1 Å². The summed E-state index contributed by atoms with van der Waals surface area (Å²) in [5, 5.41) is 5.20. The van der Waals surface area contributed by atoms with Gasteiger partial charge in [-0.1, -0.05) is 38.0 Å². The number of nitrogens with one attached hydrogen (secondary N) is 2. The Morgan fingerprint density at radius 3 is 1.81 bits per heavy atom. The van der Waals surface area contributed by atoms with Crippen molar-refractivity contribution in [3.8, 4) is 16.9 Å². The quantitative estimate of drug-likeness (QED) is 0.261. The highest BCUT2D eigenvalue weighted by atomic mass is 19.4. The molecule has 1 heterocycles. The molecule has 3 aromatic rings. The van der Waals surface area contributed by atoms with Crippen molar-refractivity contribution in [1.82, 2.24) is 0 Å². The summed E-state index contributed by atoms with van der Waals surface area (Å²) < 4.78 is 82.5. The summed E-state index contributed by atoms with van der Waals surface area (Å²) in [7, 11) is 1.50. The van der Waals surface area contributed by atoms with E-state index in [4.69, 9.17) is 0 Å². The summed E-state index contributed by atoms with van der Waals surface area (Å²) in [6.45, 7) is 3.83. The molecule has 0 atom stereocenters. The Balaban J connectivity index is 0.000000401. The predicted molar refractivity (Wildman–Crippen MR) is 128 cm³/mol. The maximum Gasteiger partial charge on any atom is 0.573 e. The molecule has 0 radical (unpaired) electrons. The fourth-order valence-electron chi connectivity index (χ4n) is 2.91. The first-order valence-corrected chi connectivity index (χ1v) is 11.4.